The van der Waals surface area contributed by atoms with Crippen molar-refractivity contribution in [1.29, 1.82) is 0 Å². The fraction of sp³-hybridized carbons (Fsp3) is 0.250. The maximum atomic E-state index is 12.2. The van der Waals surface area contributed by atoms with Gasteiger partial charge in [0.15, 0.2) is 5.76 Å². The van der Waals surface area contributed by atoms with Crippen molar-refractivity contribution in [2.75, 3.05) is 25.5 Å². The van der Waals surface area contributed by atoms with E-state index >= 15 is 0 Å². The summed E-state index contributed by atoms with van der Waals surface area (Å²) in [5.74, 6) is 2.39. The summed E-state index contributed by atoms with van der Waals surface area (Å²) in [5, 5.41) is 9.79. The number of H-pyrrole nitrogens is 1. The van der Waals surface area contributed by atoms with Crippen molar-refractivity contribution in [3.8, 4) is 11.6 Å². The maximum absolute atomic E-state index is 12.2. The number of carbonyl (C=O) groups is 1. The first kappa shape index (κ1) is 15.7. The quantitative estimate of drug-likeness (QED) is 0.712. The molecule has 0 aliphatic heterocycles. The van der Waals surface area contributed by atoms with E-state index in [9.17, 15) is 4.79 Å². The summed E-state index contributed by atoms with van der Waals surface area (Å²) in [6.45, 7) is 0.450. The third kappa shape index (κ3) is 3.60. The van der Waals surface area contributed by atoms with Crippen LogP contribution in [0.2, 0.25) is 0 Å². The first-order valence-electron chi connectivity index (χ1n) is 7.50. The molecule has 0 fully saturated rings. The number of furan rings is 1. The van der Waals surface area contributed by atoms with Gasteiger partial charge in [-0.25, -0.2) is 9.97 Å². The van der Waals surface area contributed by atoms with Gasteiger partial charge in [-0.05, 0) is 24.3 Å². The van der Waals surface area contributed by atoms with E-state index in [1.807, 2.05) is 19.0 Å². The van der Waals surface area contributed by atoms with Gasteiger partial charge in [0, 0.05) is 38.8 Å². The molecule has 3 aromatic heterocycles. The Hall–Kier alpha value is -3.16. The molecule has 3 rings (SSSR count). The van der Waals surface area contributed by atoms with Gasteiger partial charge < -0.3 is 14.6 Å². The Kier molecular flexibility index (Phi) is 4.55. The third-order valence-electron chi connectivity index (χ3n) is 3.39. The van der Waals surface area contributed by atoms with Crippen molar-refractivity contribution in [1.82, 2.24) is 25.5 Å². The maximum Gasteiger partial charge on any atom is 0.251 e. The fourth-order valence-electron chi connectivity index (χ4n) is 2.12. The van der Waals surface area contributed by atoms with Gasteiger partial charge in [0.1, 0.15) is 11.6 Å². The van der Waals surface area contributed by atoms with Crippen molar-refractivity contribution < 1.29 is 9.21 Å². The van der Waals surface area contributed by atoms with Crippen LogP contribution in [0.25, 0.3) is 11.6 Å². The van der Waals surface area contributed by atoms with Gasteiger partial charge in [-0.1, -0.05) is 0 Å². The third-order valence-corrected chi connectivity index (χ3v) is 3.39. The molecule has 0 aliphatic rings. The molecule has 0 saturated carbocycles. The van der Waals surface area contributed by atoms with Crippen LogP contribution >= 0.6 is 0 Å². The van der Waals surface area contributed by atoms with Crippen molar-refractivity contribution >= 4 is 11.7 Å². The summed E-state index contributed by atoms with van der Waals surface area (Å²) in [4.78, 5) is 22.6. The van der Waals surface area contributed by atoms with Crippen LogP contribution in [0.4, 0.5) is 5.82 Å². The van der Waals surface area contributed by atoms with Gasteiger partial charge in [-0.15, -0.1) is 0 Å². The lowest BCUT2D eigenvalue weighted by atomic mass is 10.2. The van der Waals surface area contributed by atoms with E-state index in [-0.39, 0.29) is 5.91 Å². The van der Waals surface area contributed by atoms with E-state index in [2.05, 4.69) is 25.5 Å². The second-order valence-corrected chi connectivity index (χ2v) is 5.39. The zero-order valence-corrected chi connectivity index (χ0v) is 13.5. The van der Waals surface area contributed by atoms with Gasteiger partial charge in [0.25, 0.3) is 5.91 Å². The predicted molar refractivity (Wildman–Crippen MR) is 88.7 cm³/mol. The first-order valence-corrected chi connectivity index (χ1v) is 7.50. The number of rotatable bonds is 6. The second-order valence-electron chi connectivity index (χ2n) is 5.39. The van der Waals surface area contributed by atoms with Crippen molar-refractivity contribution in [2.24, 2.45) is 0 Å². The Bertz CT molecular complexity index is 810. The molecule has 3 heterocycles. The van der Waals surface area contributed by atoms with Crippen LogP contribution in [-0.4, -0.2) is 46.7 Å². The fourth-order valence-corrected chi connectivity index (χ4v) is 2.12. The molecule has 0 bridgehead atoms. The molecule has 1 amide bonds. The molecular weight excluding hydrogens is 308 g/mol. The summed E-state index contributed by atoms with van der Waals surface area (Å²) in [7, 11) is 3.76. The minimum Gasteiger partial charge on any atom is -0.461 e. The Morgan fingerprint density at radius 2 is 2.25 bits per heavy atom. The average Bonchev–Trinajstić information content (AvgIpc) is 3.26. The van der Waals surface area contributed by atoms with Crippen LogP contribution in [0.5, 0.6) is 0 Å². The van der Waals surface area contributed by atoms with Crippen LogP contribution in [0, 0.1) is 0 Å². The first-order chi connectivity index (χ1) is 11.6. The SMILES string of the molecule is CN(C)c1cc(C(=O)NCCc2nc(-c3ccco3)n[nH]2)ccn1. The van der Waals surface area contributed by atoms with Crippen LogP contribution in [0.15, 0.2) is 41.1 Å². The number of hydrogen-bond acceptors (Lipinski definition) is 6. The Morgan fingerprint density at radius 3 is 3.00 bits per heavy atom. The number of hydrogen-bond donors (Lipinski definition) is 2. The van der Waals surface area contributed by atoms with Crippen LogP contribution < -0.4 is 10.2 Å². The van der Waals surface area contributed by atoms with E-state index in [4.69, 9.17) is 4.42 Å². The molecule has 8 nitrogen and oxygen atoms in total. The molecule has 0 spiro atoms. The number of aromatic nitrogens is 4. The number of nitrogens with one attached hydrogen (secondary N) is 2. The molecule has 0 aliphatic carbocycles. The van der Waals surface area contributed by atoms with Crippen LogP contribution in [-0.2, 0) is 6.42 Å². The molecular formula is C16H18N6O2. The average molecular weight is 326 g/mol. The summed E-state index contributed by atoms with van der Waals surface area (Å²) in [5.41, 5.74) is 0.572. The molecule has 8 heteroatoms. The van der Waals surface area contributed by atoms with E-state index in [0.717, 1.165) is 5.82 Å². The normalized spacial score (nSPS) is 10.6. The Balaban J connectivity index is 1.55. The molecule has 0 saturated heterocycles. The standard InChI is InChI=1S/C16H18N6O2/c1-22(2)14-10-11(5-7-17-14)16(23)18-8-6-13-19-15(21-20-13)12-4-3-9-24-12/h3-5,7,9-10H,6,8H2,1-2H3,(H,18,23)(H,19,20,21). The minimum absolute atomic E-state index is 0.147. The highest BCUT2D eigenvalue weighted by atomic mass is 16.3. The van der Waals surface area contributed by atoms with Gasteiger partial charge in [0.2, 0.25) is 5.82 Å². The molecule has 124 valence electrons. The minimum atomic E-state index is -0.147. The Morgan fingerprint density at radius 1 is 1.38 bits per heavy atom. The summed E-state index contributed by atoms with van der Waals surface area (Å²) in [6.07, 6.45) is 3.74. The van der Waals surface area contributed by atoms with Crippen molar-refractivity contribution in [3.05, 3.63) is 48.1 Å². The predicted octanol–water partition coefficient (Wildman–Crippen LogP) is 1.50. The van der Waals surface area contributed by atoms with Crippen LogP contribution in [0.1, 0.15) is 16.2 Å². The molecule has 24 heavy (non-hydrogen) atoms. The molecule has 0 atom stereocenters. The van der Waals surface area contributed by atoms with E-state index < -0.39 is 0 Å². The van der Waals surface area contributed by atoms with E-state index in [1.54, 1.807) is 36.7 Å². The molecule has 3 aromatic rings. The monoisotopic (exact) mass is 326 g/mol. The molecule has 0 aromatic carbocycles. The van der Waals surface area contributed by atoms with Gasteiger partial charge >= 0.3 is 0 Å². The number of carbonyl (C=O) groups excluding carboxylic acids is 1. The zero-order valence-electron chi connectivity index (χ0n) is 13.5. The lowest BCUT2D eigenvalue weighted by molar-refractivity contribution is 0.0954. The van der Waals surface area contributed by atoms with Crippen molar-refractivity contribution in [2.45, 2.75) is 6.42 Å². The lowest BCUT2D eigenvalue weighted by Gasteiger charge is -2.12. The summed E-state index contributed by atoms with van der Waals surface area (Å²) in [6, 6.07) is 7.01. The number of aromatic amines is 1. The number of nitrogens with zero attached hydrogens (tertiary/aromatic N) is 4. The van der Waals surface area contributed by atoms with E-state index in [0.29, 0.717) is 35.9 Å². The van der Waals surface area contributed by atoms with Crippen molar-refractivity contribution in [3.63, 3.8) is 0 Å². The summed E-state index contributed by atoms with van der Waals surface area (Å²) >= 11 is 0. The lowest BCUT2D eigenvalue weighted by Crippen LogP contribution is -2.26. The number of amides is 1. The Labute approximate surface area is 138 Å². The number of pyridine rings is 1. The highest BCUT2D eigenvalue weighted by Crippen LogP contribution is 2.14. The number of anilines is 1. The largest absolute Gasteiger partial charge is 0.461 e. The topological polar surface area (TPSA) is 99.9 Å². The molecule has 0 radical (unpaired) electrons. The second kappa shape index (κ2) is 6.95. The molecule has 0 unspecified atom stereocenters. The van der Waals surface area contributed by atoms with Crippen LogP contribution in [0.3, 0.4) is 0 Å². The zero-order chi connectivity index (χ0) is 16.9. The van der Waals surface area contributed by atoms with Gasteiger partial charge in [-0.3, -0.25) is 9.89 Å². The molecule has 2 N–H and O–H groups in total. The van der Waals surface area contributed by atoms with E-state index in [1.165, 1.54) is 0 Å². The summed E-state index contributed by atoms with van der Waals surface area (Å²) < 4.78 is 5.24. The smallest absolute Gasteiger partial charge is 0.251 e. The van der Waals surface area contributed by atoms with Gasteiger partial charge in [-0.2, -0.15) is 5.10 Å². The van der Waals surface area contributed by atoms with Gasteiger partial charge in [0.05, 0.1) is 6.26 Å². The highest BCUT2D eigenvalue weighted by molar-refractivity contribution is 5.94. The highest BCUT2D eigenvalue weighted by Gasteiger charge is 2.10.